The number of hydrogen-bond donors (Lipinski definition) is 0. The quantitative estimate of drug-likeness (QED) is 0.815. The minimum Gasteiger partial charge on any atom is -0.236 e. The summed E-state index contributed by atoms with van der Waals surface area (Å²) in [4.78, 5) is 0. The van der Waals surface area contributed by atoms with Crippen molar-refractivity contribution in [3.05, 3.63) is 46.2 Å². The summed E-state index contributed by atoms with van der Waals surface area (Å²) in [6.45, 7) is 3.96. The maximum absolute atomic E-state index is 8.98. The molecule has 0 aliphatic heterocycles. The Labute approximate surface area is 105 Å². The van der Waals surface area contributed by atoms with E-state index in [4.69, 9.17) is 16.9 Å². The molecule has 1 aromatic heterocycles. The normalized spacial score (nSPS) is 10.2. The van der Waals surface area contributed by atoms with Gasteiger partial charge in [0.05, 0.1) is 23.1 Å². The van der Waals surface area contributed by atoms with Crippen LogP contribution in [0.2, 0.25) is 5.02 Å². The van der Waals surface area contributed by atoms with Gasteiger partial charge in [0.1, 0.15) is 6.07 Å². The smallest absolute Gasteiger partial charge is 0.103 e. The zero-order chi connectivity index (χ0) is 12.4. The summed E-state index contributed by atoms with van der Waals surface area (Å²) < 4.78 is 1.77. The number of nitriles is 1. The van der Waals surface area contributed by atoms with Gasteiger partial charge in [-0.05, 0) is 31.0 Å². The van der Waals surface area contributed by atoms with Gasteiger partial charge in [-0.3, -0.25) is 0 Å². The van der Waals surface area contributed by atoms with Crippen LogP contribution in [0, 0.1) is 18.3 Å². The first-order valence-corrected chi connectivity index (χ1v) is 5.78. The van der Waals surface area contributed by atoms with Crippen molar-refractivity contribution in [1.29, 1.82) is 5.26 Å². The molecule has 0 aliphatic rings. The Morgan fingerprint density at radius 2 is 2.24 bits per heavy atom. The van der Waals surface area contributed by atoms with Crippen molar-refractivity contribution < 1.29 is 0 Å². The molecular formula is C13H12ClN3. The van der Waals surface area contributed by atoms with E-state index < -0.39 is 0 Å². The van der Waals surface area contributed by atoms with E-state index in [0.29, 0.717) is 10.6 Å². The van der Waals surface area contributed by atoms with E-state index in [-0.39, 0.29) is 0 Å². The Bertz CT molecular complexity index is 593. The first-order chi connectivity index (χ1) is 8.17. The lowest BCUT2D eigenvalue weighted by Gasteiger charge is -2.07. The molecule has 0 amide bonds. The Hall–Kier alpha value is -1.79. The van der Waals surface area contributed by atoms with Gasteiger partial charge in [-0.25, -0.2) is 4.68 Å². The maximum Gasteiger partial charge on any atom is 0.103 e. The highest BCUT2D eigenvalue weighted by molar-refractivity contribution is 6.31. The van der Waals surface area contributed by atoms with Crippen molar-refractivity contribution in [3.63, 3.8) is 0 Å². The highest BCUT2D eigenvalue weighted by Crippen LogP contribution is 2.21. The lowest BCUT2D eigenvalue weighted by atomic mass is 10.2. The number of halogens is 1. The molecule has 2 aromatic rings. The number of nitrogens with zero attached hydrogens (tertiary/aromatic N) is 3. The van der Waals surface area contributed by atoms with Gasteiger partial charge >= 0.3 is 0 Å². The van der Waals surface area contributed by atoms with Crippen LogP contribution in [0.25, 0.3) is 5.69 Å². The fourth-order valence-corrected chi connectivity index (χ4v) is 1.92. The van der Waals surface area contributed by atoms with Gasteiger partial charge in [-0.1, -0.05) is 24.6 Å². The summed E-state index contributed by atoms with van der Waals surface area (Å²) in [5, 5.41) is 13.9. The van der Waals surface area contributed by atoms with Crippen LogP contribution in [0.5, 0.6) is 0 Å². The van der Waals surface area contributed by atoms with Crippen LogP contribution < -0.4 is 0 Å². The summed E-state index contributed by atoms with van der Waals surface area (Å²) in [6.07, 6.45) is 2.35. The minimum absolute atomic E-state index is 0.615. The van der Waals surface area contributed by atoms with Crippen molar-refractivity contribution in [2.45, 2.75) is 20.3 Å². The topological polar surface area (TPSA) is 41.6 Å². The zero-order valence-electron chi connectivity index (χ0n) is 9.74. The Morgan fingerprint density at radius 3 is 2.82 bits per heavy atom. The van der Waals surface area contributed by atoms with Crippen molar-refractivity contribution in [2.75, 3.05) is 0 Å². The fourth-order valence-electron chi connectivity index (χ4n) is 1.74. The molecule has 86 valence electrons. The Morgan fingerprint density at radius 1 is 1.47 bits per heavy atom. The first-order valence-electron chi connectivity index (χ1n) is 5.41. The number of aryl methyl sites for hydroxylation is 1. The van der Waals surface area contributed by atoms with Crippen LogP contribution >= 0.6 is 11.6 Å². The molecule has 1 aromatic carbocycles. The monoisotopic (exact) mass is 245 g/mol. The first kappa shape index (κ1) is 11.7. The second-order valence-corrected chi connectivity index (χ2v) is 4.22. The van der Waals surface area contributed by atoms with Crippen LogP contribution in [0.15, 0.2) is 24.4 Å². The molecule has 0 fully saturated rings. The standard InChI is InChI=1S/C13H12ClN3/c1-3-13-10(7-15)8-16-17(13)11-5-4-9(2)12(14)6-11/h4-6,8H,3H2,1-2H3. The highest BCUT2D eigenvalue weighted by Gasteiger charge is 2.10. The zero-order valence-corrected chi connectivity index (χ0v) is 10.5. The van der Waals surface area contributed by atoms with Gasteiger partial charge < -0.3 is 0 Å². The van der Waals surface area contributed by atoms with Crippen molar-refractivity contribution in [2.24, 2.45) is 0 Å². The van der Waals surface area contributed by atoms with Crippen LogP contribution in [-0.2, 0) is 6.42 Å². The lowest BCUT2D eigenvalue weighted by molar-refractivity contribution is 0.813. The van der Waals surface area contributed by atoms with Gasteiger partial charge in [0.15, 0.2) is 0 Å². The molecule has 17 heavy (non-hydrogen) atoms. The minimum atomic E-state index is 0.615. The largest absolute Gasteiger partial charge is 0.236 e. The number of aromatic nitrogens is 2. The van der Waals surface area contributed by atoms with Gasteiger partial charge in [-0.15, -0.1) is 0 Å². The molecule has 0 unspecified atom stereocenters. The number of hydrogen-bond acceptors (Lipinski definition) is 2. The summed E-state index contributed by atoms with van der Waals surface area (Å²) in [5.41, 5.74) is 3.44. The van der Waals surface area contributed by atoms with Crippen LogP contribution in [0.3, 0.4) is 0 Å². The number of rotatable bonds is 2. The highest BCUT2D eigenvalue weighted by atomic mass is 35.5. The van der Waals surface area contributed by atoms with Crippen LogP contribution in [-0.4, -0.2) is 9.78 Å². The Kier molecular flexibility index (Phi) is 3.16. The van der Waals surface area contributed by atoms with E-state index in [1.165, 1.54) is 0 Å². The summed E-state index contributed by atoms with van der Waals surface area (Å²) in [7, 11) is 0. The molecule has 0 radical (unpaired) electrons. The van der Waals surface area contributed by atoms with E-state index >= 15 is 0 Å². The van der Waals surface area contributed by atoms with Gasteiger partial charge in [0.25, 0.3) is 0 Å². The number of benzene rings is 1. The van der Waals surface area contributed by atoms with Crippen LogP contribution in [0.1, 0.15) is 23.7 Å². The maximum atomic E-state index is 8.98. The second-order valence-electron chi connectivity index (χ2n) is 3.82. The van der Waals surface area contributed by atoms with Gasteiger partial charge in [0.2, 0.25) is 0 Å². The van der Waals surface area contributed by atoms with E-state index in [2.05, 4.69) is 11.2 Å². The van der Waals surface area contributed by atoms with E-state index in [1.807, 2.05) is 32.0 Å². The predicted octanol–water partition coefficient (Wildman–Crippen LogP) is 3.27. The Balaban J connectivity index is 2.57. The molecule has 2 rings (SSSR count). The molecule has 0 N–H and O–H groups in total. The molecular weight excluding hydrogens is 234 g/mol. The summed E-state index contributed by atoms with van der Waals surface area (Å²) in [5.74, 6) is 0. The van der Waals surface area contributed by atoms with Crippen LogP contribution in [0.4, 0.5) is 0 Å². The molecule has 0 saturated carbocycles. The molecule has 0 bridgehead atoms. The van der Waals surface area contributed by atoms with Gasteiger partial charge in [0, 0.05) is 5.02 Å². The van der Waals surface area contributed by atoms with Crippen molar-refractivity contribution in [1.82, 2.24) is 9.78 Å². The van der Waals surface area contributed by atoms with Gasteiger partial charge in [-0.2, -0.15) is 10.4 Å². The summed E-state index contributed by atoms with van der Waals surface area (Å²) in [6, 6.07) is 7.91. The lowest BCUT2D eigenvalue weighted by Crippen LogP contribution is -2.02. The van der Waals surface area contributed by atoms with Crippen molar-refractivity contribution >= 4 is 11.6 Å². The van der Waals surface area contributed by atoms with E-state index in [9.17, 15) is 0 Å². The third-order valence-corrected chi connectivity index (χ3v) is 3.13. The molecule has 0 atom stereocenters. The third-order valence-electron chi connectivity index (χ3n) is 2.72. The molecule has 0 spiro atoms. The molecule has 0 saturated heterocycles. The third kappa shape index (κ3) is 2.04. The SMILES string of the molecule is CCc1c(C#N)cnn1-c1ccc(C)c(Cl)c1. The molecule has 1 heterocycles. The predicted molar refractivity (Wildman–Crippen MR) is 67.4 cm³/mol. The van der Waals surface area contributed by atoms with E-state index in [0.717, 1.165) is 23.4 Å². The average Bonchev–Trinajstić information content (AvgIpc) is 2.75. The molecule has 0 aliphatic carbocycles. The van der Waals surface area contributed by atoms with E-state index in [1.54, 1.807) is 10.9 Å². The fraction of sp³-hybridized carbons (Fsp3) is 0.231. The average molecular weight is 246 g/mol. The summed E-state index contributed by atoms with van der Waals surface area (Å²) >= 11 is 6.09. The molecule has 4 heteroatoms. The second kappa shape index (κ2) is 4.60. The van der Waals surface area contributed by atoms with Crippen molar-refractivity contribution in [3.8, 4) is 11.8 Å². The molecule has 3 nitrogen and oxygen atoms in total.